The van der Waals surface area contributed by atoms with E-state index in [1.54, 1.807) is 24.3 Å². The number of sulfonamides is 1. The fraction of sp³-hybridized carbons (Fsp3) is 0.0769. The van der Waals surface area contributed by atoms with Gasteiger partial charge in [-0.15, -0.1) is 5.10 Å². The molecule has 0 atom stereocenters. The maximum absolute atomic E-state index is 12.6. The van der Waals surface area contributed by atoms with Gasteiger partial charge in [0, 0.05) is 0 Å². The van der Waals surface area contributed by atoms with Crippen LogP contribution in [-0.4, -0.2) is 39.6 Å². The molecule has 0 unspecified atom stereocenters. The molecule has 3 heterocycles. The summed E-state index contributed by atoms with van der Waals surface area (Å²) in [4.78, 5) is 21.4. The van der Waals surface area contributed by atoms with E-state index in [0.717, 1.165) is 11.3 Å². The summed E-state index contributed by atoms with van der Waals surface area (Å²) < 4.78 is 28.2. The summed E-state index contributed by atoms with van der Waals surface area (Å²) in [5, 5.41) is 4.45. The Hall–Kier alpha value is -2.63. The van der Waals surface area contributed by atoms with Crippen LogP contribution in [0.25, 0.3) is 21.7 Å². The topological polar surface area (TPSA) is 111 Å². The molecule has 0 saturated heterocycles. The van der Waals surface area contributed by atoms with Gasteiger partial charge >= 0.3 is 0 Å². The highest BCUT2D eigenvalue weighted by Crippen LogP contribution is 2.20. The van der Waals surface area contributed by atoms with Crippen molar-refractivity contribution in [3.63, 3.8) is 0 Å². The minimum atomic E-state index is -3.63. The number of aromatic nitrogens is 5. The Morgan fingerprint density at radius 1 is 1.25 bits per heavy atom. The summed E-state index contributed by atoms with van der Waals surface area (Å²) in [7, 11) is -2.32. The maximum atomic E-state index is 12.6. The lowest BCUT2D eigenvalue weighted by Crippen LogP contribution is -2.19. The number of benzene rings is 1. The average molecular weight is 362 g/mol. The number of para-hydroxylation sites is 1. The number of fused-ring (bicyclic) bond motifs is 2. The van der Waals surface area contributed by atoms with Gasteiger partial charge in [-0.1, -0.05) is 23.5 Å². The van der Waals surface area contributed by atoms with Gasteiger partial charge in [0.1, 0.15) is 6.33 Å². The van der Waals surface area contributed by atoms with Crippen LogP contribution in [0.4, 0.5) is 0 Å². The predicted molar refractivity (Wildman–Crippen MR) is 88.0 cm³/mol. The van der Waals surface area contributed by atoms with Crippen molar-refractivity contribution in [2.75, 3.05) is 7.05 Å². The second kappa shape index (κ2) is 5.19. The third-order valence-electron chi connectivity index (χ3n) is 3.42. The number of nitrogens with one attached hydrogen (secondary N) is 1. The Morgan fingerprint density at radius 3 is 2.79 bits per heavy atom. The molecule has 0 bridgehead atoms. The Morgan fingerprint density at radius 2 is 2.04 bits per heavy atom. The Balaban J connectivity index is 1.87. The van der Waals surface area contributed by atoms with Crippen molar-refractivity contribution in [1.82, 2.24) is 28.9 Å². The second-order valence-corrected chi connectivity index (χ2v) is 7.85. The van der Waals surface area contributed by atoms with Crippen LogP contribution in [0.1, 0.15) is 0 Å². The van der Waals surface area contributed by atoms with Gasteiger partial charge in [-0.2, -0.15) is 4.98 Å². The molecule has 4 rings (SSSR count). The highest BCUT2D eigenvalue weighted by molar-refractivity contribution is 7.91. The predicted octanol–water partition coefficient (Wildman–Crippen LogP) is 0.398. The summed E-state index contributed by atoms with van der Waals surface area (Å²) in [6.45, 7) is 0. The number of nitrogens with zero attached hydrogens (tertiary/aromatic N) is 5. The van der Waals surface area contributed by atoms with Crippen molar-refractivity contribution in [1.29, 1.82) is 0 Å². The van der Waals surface area contributed by atoms with Crippen LogP contribution in [0.2, 0.25) is 0 Å². The number of imidazole rings is 1. The molecule has 0 saturated carbocycles. The van der Waals surface area contributed by atoms with E-state index in [1.807, 2.05) is 0 Å². The van der Waals surface area contributed by atoms with Crippen LogP contribution in [0.5, 0.6) is 0 Å². The third kappa shape index (κ3) is 2.21. The van der Waals surface area contributed by atoms with Gasteiger partial charge in [0.05, 0.1) is 17.1 Å². The first kappa shape index (κ1) is 14.9. The zero-order valence-corrected chi connectivity index (χ0v) is 13.9. The van der Waals surface area contributed by atoms with E-state index in [4.69, 9.17) is 0 Å². The summed E-state index contributed by atoms with van der Waals surface area (Å²) >= 11 is 0.908. The van der Waals surface area contributed by atoms with Crippen molar-refractivity contribution in [3.8, 4) is 5.82 Å². The van der Waals surface area contributed by atoms with Gasteiger partial charge in [0.25, 0.3) is 15.6 Å². The molecule has 1 N–H and O–H groups in total. The molecular formula is C13H10N6O3S2. The van der Waals surface area contributed by atoms with E-state index in [2.05, 4.69) is 19.8 Å². The van der Waals surface area contributed by atoms with E-state index < -0.39 is 10.0 Å². The summed E-state index contributed by atoms with van der Waals surface area (Å²) in [5.41, 5.74) is 0.342. The first-order valence-electron chi connectivity index (χ1n) is 6.76. The SMILES string of the molecule is CNS(=O)(=O)c1nn2cc(-n3cnc4ccccc4c3=O)nc2s1. The molecule has 122 valence electrons. The van der Waals surface area contributed by atoms with Crippen molar-refractivity contribution in [2.24, 2.45) is 0 Å². The summed E-state index contributed by atoms with van der Waals surface area (Å²) in [6, 6.07) is 7.01. The largest absolute Gasteiger partial charge is 0.269 e. The molecule has 0 aliphatic rings. The first-order valence-corrected chi connectivity index (χ1v) is 9.06. The lowest BCUT2D eigenvalue weighted by Gasteiger charge is -2.02. The Kier molecular flexibility index (Phi) is 3.23. The monoisotopic (exact) mass is 362 g/mol. The van der Waals surface area contributed by atoms with Gasteiger partial charge in [-0.25, -0.2) is 27.2 Å². The number of hydrogen-bond acceptors (Lipinski definition) is 7. The van der Waals surface area contributed by atoms with Crippen LogP contribution < -0.4 is 10.3 Å². The summed E-state index contributed by atoms with van der Waals surface area (Å²) in [5.74, 6) is 0.324. The standard InChI is InChI=1S/C13H10N6O3S2/c1-14-24(21,22)13-17-19-6-10(16-12(19)23-13)18-7-15-9-5-3-2-4-8(9)11(18)20/h2-7,14H,1H3. The van der Waals surface area contributed by atoms with Crippen LogP contribution in [0.15, 0.2) is 45.9 Å². The highest BCUT2D eigenvalue weighted by atomic mass is 32.2. The molecule has 9 nitrogen and oxygen atoms in total. The maximum Gasteiger partial charge on any atom is 0.269 e. The summed E-state index contributed by atoms with van der Waals surface area (Å²) in [6.07, 6.45) is 2.88. The van der Waals surface area contributed by atoms with E-state index in [9.17, 15) is 13.2 Å². The van der Waals surface area contributed by atoms with Gasteiger partial charge in [-0.3, -0.25) is 4.79 Å². The van der Waals surface area contributed by atoms with Gasteiger partial charge < -0.3 is 0 Å². The van der Waals surface area contributed by atoms with E-state index >= 15 is 0 Å². The van der Waals surface area contributed by atoms with Crippen molar-refractivity contribution >= 4 is 37.2 Å². The second-order valence-electron chi connectivity index (χ2n) is 4.84. The quantitative estimate of drug-likeness (QED) is 0.565. The number of rotatable bonds is 3. The van der Waals surface area contributed by atoms with Crippen molar-refractivity contribution < 1.29 is 8.42 Å². The molecular weight excluding hydrogens is 352 g/mol. The average Bonchev–Trinajstić information content (AvgIpc) is 3.15. The Bertz CT molecular complexity index is 1210. The molecule has 11 heteroatoms. The van der Waals surface area contributed by atoms with Crippen molar-refractivity contribution in [2.45, 2.75) is 4.34 Å². The minimum absolute atomic E-state index is 0.0944. The van der Waals surface area contributed by atoms with E-state index in [-0.39, 0.29) is 9.90 Å². The van der Waals surface area contributed by atoms with Gasteiger partial charge in [-0.05, 0) is 19.2 Å². The fourth-order valence-electron chi connectivity index (χ4n) is 2.21. The number of hydrogen-bond donors (Lipinski definition) is 1. The molecule has 24 heavy (non-hydrogen) atoms. The molecule has 1 aromatic carbocycles. The lowest BCUT2D eigenvalue weighted by atomic mass is 10.2. The molecule has 0 amide bonds. The molecule has 0 fully saturated rings. The molecule has 3 aromatic heterocycles. The molecule has 0 radical (unpaired) electrons. The Labute approximate surface area is 139 Å². The van der Waals surface area contributed by atoms with Crippen LogP contribution in [-0.2, 0) is 10.0 Å². The smallest absolute Gasteiger partial charge is 0.268 e. The zero-order valence-electron chi connectivity index (χ0n) is 12.2. The molecule has 0 aliphatic carbocycles. The minimum Gasteiger partial charge on any atom is -0.268 e. The van der Waals surface area contributed by atoms with Gasteiger partial charge in [0.15, 0.2) is 5.82 Å². The lowest BCUT2D eigenvalue weighted by molar-refractivity contribution is 0.585. The van der Waals surface area contributed by atoms with E-state index in [0.29, 0.717) is 21.7 Å². The van der Waals surface area contributed by atoms with Crippen LogP contribution in [0.3, 0.4) is 0 Å². The zero-order chi connectivity index (χ0) is 16.9. The highest BCUT2D eigenvalue weighted by Gasteiger charge is 2.20. The third-order valence-corrected chi connectivity index (χ3v) is 6.13. The molecule has 0 aliphatic heterocycles. The van der Waals surface area contributed by atoms with Crippen LogP contribution >= 0.6 is 11.3 Å². The van der Waals surface area contributed by atoms with Gasteiger partial charge in [0.2, 0.25) is 9.30 Å². The fourth-order valence-corrected chi connectivity index (χ4v) is 4.11. The first-order chi connectivity index (χ1) is 11.5. The normalized spacial score (nSPS) is 12.2. The van der Waals surface area contributed by atoms with E-state index in [1.165, 1.54) is 28.7 Å². The molecule has 0 spiro atoms. The molecule has 4 aromatic rings. The van der Waals surface area contributed by atoms with Crippen molar-refractivity contribution in [3.05, 3.63) is 47.1 Å². The van der Waals surface area contributed by atoms with Crippen LogP contribution in [0, 0.1) is 0 Å².